The predicted molar refractivity (Wildman–Crippen MR) is 49.6 cm³/mol. The predicted octanol–water partition coefficient (Wildman–Crippen LogP) is 0.944. The molecule has 0 bridgehead atoms. The zero-order valence-electron chi connectivity index (χ0n) is 7.58. The second-order valence-electron chi connectivity index (χ2n) is 2.69. The Bertz CT molecular complexity index is 552. The van der Waals surface area contributed by atoms with Crippen LogP contribution in [0.2, 0.25) is 0 Å². The monoisotopic (exact) mass is 272 g/mol. The van der Waals surface area contributed by atoms with Gasteiger partial charge in [-0.25, -0.2) is 12.8 Å². The van der Waals surface area contributed by atoms with Gasteiger partial charge in [0.05, 0.1) is 4.90 Å². The summed E-state index contributed by atoms with van der Waals surface area (Å²) >= 11 is 0. The standard InChI is InChI=1S/C7H6F2O5S2/c8-7(16(12,13)14-9)15(10,11)6-4-2-1-3-5-6/h1-5,7H. The minimum absolute atomic E-state index is 0.580. The molecule has 0 aliphatic heterocycles. The van der Waals surface area contributed by atoms with Gasteiger partial charge in [-0.3, -0.25) is 0 Å². The average molecular weight is 272 g/mol. The Labute approximate surface area is 90.6 Å². The molecule has 0 amide bonds. The molecule has 1 aromatic rings. The summed E-state index contributed by atoms with van der Waals surface area (Å²) in [4.78, 5) is -4.07. The maximum absolute atomic E-state index is 13.1. The van der Waals surface area contributed by atoms with Gasteiger partial charge in [0, 0.05) is 0 Å². The number of hydrogen-bond donors (Lipinski definition) is 0. The van der Waals surface area contributed by atoms with Crippen LogP contribution < -0.4 is 0 Å². The van der Waals surface area contributed by atoms with E-state index in [1.165, 1.54) is 18.2 Å². The lowest BCUT2D eigenvalue weighted by atomic mass is 10.4. The highest BCUT2D eigenvalue weighted by Crippen LogP contribution is 2.22. The Morgan fingerprint density at radius 3 is 2.00 bits per heavy atom. The van der Waals surface area contributed by atoms with E-state index < -0.39 is 29.7 Å². The Balaban J connectivity index is 3.25. The molecule has 0 aliphatic rings. The number of alkyl halides is 1. The molecular weight excluding hydrogens is 266 g/mol. The highest BCUT2D eigenvalue weighted by atomic mass is 32.3. The van der Waals surface area contributed by atoms with Gasteiger partial charge in [-0.05, 0) is 16.7 Å². The van der Waals surface area contributed by atoms with Crippen molar-refractivity contribution in [3.8, 4) is 0 Å². The first-order chi connectivity index (χ1) is 7.32. The minimum atomic E-state index is -5.43. The van der Waals surface area contributed by atoms with Crippen molar-refractivity contribution >= 4 is 20.0 Å². The molecule has 0 fully saturated rings. The van der Waals surface area contributed by atoms with Gasteiger partial charge >= 0.3 is 15.0 Å². The van der Waals surface area contributed by atoms with Crippen LogP contribution in [-0.4, -0.2) is 21.7 Å². The van der Waals surface area contributed by atoms with E-state index in [2.05, 4.69) is 4.39 Å². The first-order valence-corrected chi connectivity index (χ1v) is 6.81. The quantitative estimate of drug-likeness (QED) is 0.815. The molecule has 5 nitrogen and oxygen atoms in total. The van der Waals surface area contributed by atoms with E-state index in [0.717, 1.165) is 12.1 Å². The number of sulfone groups is 1. The molecule has 1 rings (SSSR count). The maximum atomic E-state index is 13.1. The summed E-state index contributed by atoms with van der Waals surface area (Å²) in [5, 5.41) is 0. The molecule has 0 N–H and O–H groups in total. The summed E-state index contributed by atoms with van der Waals surface area (Å²) in [7, 11) is -10.3. The summed E-state index contributed by atoms with van der Waals surface area (Å²) in [6.07, 6.45) is 0. The lowest BCUT2D eigenvalue weighted by molar-refractivity contribution is 0.000139. The molecule has 1 aromatic carbocycles. The van der Waals surface area contributed by atoms with Crippen LogP contribution in [0.15, 0.2) is 35.2 Å². The smallest absolute Gasteiger partial charge is 0.219 e. The van der Waals surface area contributed by atoms with Crippen LogP contribution in [0.25, 0.3) is 0 Å². The molecular formula is C7H6F2O5S2. The molecule has 1 atom stereocenters. The molecule has 0 aliphatic carbocycles. The van der Waals surface area contributed by atoms with Crippen LogP contribution in [0.1, 0.15) is 0 Å². The van der Waals surface area contributed by atoms with Gasteiger partial charge in [-0.15, -0.1) is 0 Å². The molecule has 0 saturated carbocycles. The largest absolute Gasteiger partial charge is 0.345 e. The fourth-order valence-corrected chi connectivity index (χ4v) is 3.37. The van der Waals surface area contributed by atoms with Gasteiger partial charge in [-0.1, -0.05) is 22.6 Å². The maximum Gasteiger partial charge on any atom is 0.345 e. The molecule has 0 heterocycles. The van der Waals surface area contributed by atoms with Crippen LogP contribution in [0.3, 0.4) is 0 Å². The highest BCUT2D eigenvalue weighted by molar-refractivity contribution is 8.06. The van der Waals surface area contributed by atoms with E-state index in [1.54, 1.807) is 0 Å². The van der Waals surface area contributed by atoms with E-state index in [0.29, 0.717) is 0 Å². The second-order valence-corrected chi connectivity index (χ2v) is 6.49. The Morgan fingerprint density at radius 1 is 1.06 bits per heavy atom. The van der Waals surface area contributed by atoms with E-state index in [-0.39, 0.29) is 0 Å². The normalized spacial score (nSPS) is 14.6. The van der Waals surface area contributed by atoms with E-state index >= 15 is 0 Å². The number of hydrogen-bond acceptors (Lipinski definition) is 5. The van der Waals surface area contributed by atoms with Gasteiger partial charge in [0.2, 0.25) is 9.84 Å². The van der Waals surface area contributed by atoms with Gasteiger partial charge in [-0.2, -0.15) is 8.42 Å². The SMILES string of the molecule is O=S(=O)(OF)C(F)S(=O)(=O)c1ccccc1. The molecule has 0 spiro atoms. The summed E-state index contributed by atoms with van der Waals surface area (Å²) in [6.45, 7) is 0. The van der Waals surface area contributed by atoms with Crippen LogP contribution in [-0.2, 0) is 24.3 Å². The lowest BCUT2D eigenvalue weighted by Crippen LogP contribution is -2.26. The zero-order valence-corrected chi connectivity index (χ0v) is 9.21. The minimum Gasteiger partial charge on any atom is -0.219 e. The molecule has 0 aromatic heterocycles. The second kappa shape index (κ2) is 4.44. The fraction of sp³-hybridized carbons (Fsp3) is 0.143. The first kappa shape index (κ1) is 13.0. The van der Waals surface area contributed by atoms with Crippen molar-refractivity contribution < 1.29 is 30.1 Å². The van der Waals surface area contributed by atoms with Crippen LogP contribution in [0.5, 0.6) is 0 Å². The lowest BCUT2D eigenvalue weighted by Gasteiger charge is -2.07. The summed E-state index contributed by atoms with van der Waals surface area (Å²) < 4.78 is 70.7. The number of benzene rings is 1. The number of rotatable bonds is 4. The molecule has 0 radical (unpaired) electrons. The Morgan fingerprint density at radius 2 is 1.56 bits per heavy atom. The summed E-state index contributed by atoms with van der Waals surface area (Å²) in [5.41, 5.74) is 0. The summed E-state index contributed by atoms with van der Waals surface area (Å²) in [6, 6.07) is 5.95. The van der Waals surface area contributed by atoms with Crippen molar-refractivity contribution in [1.29, 1.82) is 0 Å². The van der Waals surface area contributed by atoms with Crippen LogP contribution in [0.4, 0.5) is 8.92 Å². The van der Waals surface area contributed by atoms with Gasteiger partial charge in [0.15, 0.2) is 0 Å². The van der Waals surface area contributed by atoms with Crippen molar-refractivity contribution in [2.75, 3.05) is 0 Å². The molecule has 0 saturated heterocycles. The van der Waals surface area contributed by atoms with E-state index in [9.17, 15) is 25.8 Å². The van der Waals surface area contributed by atoms with Gasteiger partial charge in [0.1, 0.15) is 0 Å². The summed E-state index contributed by atoms with van der Waals surface area (Å²) in [5.74, 6) is 0. The van der Waals surface area contributed by atoms with Crippen molar-refractivity contribution in [1.82, 2.24) is 0 Å². The molecule has 90 valence electrons. The Kier molecular flexibility index (Phi) is 3.61. The third kappa shape index (κ3) is 2.36. The van der Waals surface area contributed by atoms with Gasteiger partial charge < -0.3 is 0 Å². The van der Waals surface area contributed by atoms with Crippen molar-refractivity contribution in [2.45, 2.75) is 9.73 Å². The van der Waals surface area contributed by atoms with Crippen molar-refractivity contribution in [3.05, 3.63) is 30.3 Å². The Hall–Kier alpha value is -1.06. The molecule has 16 heavy (non-hydrogen) atoms. The van der Waals surface area contributed by atoms with E-state index in [4.69, 9.17) is 0 Å². The first-order valence-electron chi connectivity index (χ1n) is 3.79. The van der Waals surface area contributed by atoms with Crippen molar-refractivity contribution in [2.24, 2.45) is 0 Å². The fourth-order valence-electron chi connectivity index (χ4n) is 0.901. The molecule has 1 unspecified atom stereocenters. The highest BCUT2D eigenvalue weighted by Gasteiger charge is 2.40. The van der Waals surface area contributed by atoms with Crippen LogP contribution >= 0.6 is 0 Å². The average Bonchev–Trinajstić information content (AvgIpc) is 2.29. The third-order valence-electron chi connectivity index (χ3n) is 1.63. The van der Waals surface area contributed by atoms with Crippen molar-refractivity contribution in [3.63, 3.8) is 0 Å². The van der Waals surface area contributed by atoms with Gasteiger partial charge in [0.25, 0.3) is 0 Å². The third-order valence-corrected chi connectivity index (χ3v) is 5.14. The van der Waals surface area contributed by atoms with E-state index in [1.807, 2.05) is 0 Å². The number of halogens is 2. The molecule has 9 heteroatoms. The topological polar surface area (TPSA) is 77.5 Å². The van der Waals surface area contributed by atoms with Crippen LogP contribution in [0, 0.1) is 0 Å². The zero-order chi connectivity index (χ0) is 12.4.